The molecule has 0 spiro atoms. The van der Waals surface area contributed by atoms with Crippen LogP contribution in [0.3, 0.4) is 0 Å². The third kappa shape index (κ3) is 4.08. The maximum absolute atomic E-state index is 14.3. The Kier molecular flexibility index (Phi) is 5.45. The Morgan fingerprint density at radius 1 is 0.941 bits per heavy atom. The maximum atomic E-state index is 14.3. The summed E-state index contributed by atoms with van der Waals surface area (Å²) < 4.78 is 53.5. The van der Waals surface area contributed by atoms with Gasteiger partial charge in [-0.3, -0.25) is 0 Å². The van der Waals surface area contributed by atoms with Crippen molar-refractivity contribution in [2.75, 3.05) is 20.8 Å². The first kappa shape index (κ1) is 22.2. The van der Waals surface area contributed by atoms with E-state index in [0.717, 1.165) is 0 Å². The summed E-state index contributed by atoms with van der Waals surface area (Å²) in [5.41, 5.74) is 1.64. The summed E-state index contributed by atoms with van der Waals surface area (Å²) in [6.07, 6.45) is -4.65. The number of fused-ring (bicyclic) bond motifs is 2. The highest BCUT2D eigenvalue weighted by molar-refractivity contribution is 5.50. The van der Waals surface area contributed by atoms with Crippen molar-refractivity contribution in [1.82, 2.24) is 0 Å². The van der Waals surface area contributed by atoms with Gasteiger partial charge in [-0.15, -0.1) is 8.78 Å². The number of quaternary nitrogens is 1. The van der Waals surface area contributed by atoms with Crippen LogP contribution in [0, 0.1) is 5.21 Å². The van der Waals surface area contributed by atoms with Crippen molar-refractivity contribution >= 4 is 0 Å². The van der Waals surface area contributed by atoms with Crippen LogP contribution in [0.2, 0.25) is 0 Å². The van der Waals surface area contributed by atoms with Crippen LogP contribution in [0.1, 0.15) is 22.8 Å². The lowest BCUT2D eigenvalue weighted by Crippen LogP contribution is -2.43. The number of hydrogen-bond acceptors (Lipinski definition) is 6. The minimum atomic E-state index is -3.78. The molecule has 0 bridgehead atoms. The van der Waals surface area contributed by atoms with E-state index in [1.54, 1.807) is 42.5 Å². The molecular formula is C25H23F2NO6. The van der Waals surface area contributed by atoms with Crippen LogP contribution in [-0.2, 0) is 13.1 Å². The highest BCUT2D eigenvalue weighted by Crippen LogP contribution is 2.47. The molecule has 3 aromatic rings. The average molecular weight is 471 g/mol. The molecule has 0 aliphatic carbocycles. The quantitative estimate of drug-likeness (QED) is 0.378. The van der Waals surface area contributed by atoms with Gasteiger partial charge >= 0.3 is 6.29 Å². The van der Waals surface area contributed by atoms with Crippen LogP contribution in [-0.4, -0.2) is 31.7 Å². The molecule has 0 N–H and O–H groups in total. The lowest BCUT2D eigenvalue weighted by molar-refractivity contribution is -0.909. The summed E-state index contributed by atoms with van der Waals surface area (Å²) in [6.45, 7) is 0.0571. The summed E-state index contributed by atoms with van der Waals surface area (Å²) in [5, 5.41) is 14.3. The van der Waals surface area contributed by atoms with Gasteiger partial charge < -0.3 is 33.5 Å². The highest BCUT2D eigenvalue weighted by atomic mass is 19.3. The van der Waals surface area contributed by atoms with Crippen LogP contribution in [0.4, 0.5) is 8.78 Å². The van der Waals surface area contributed by atoms with E-state index in [-0.39, 0.29) is 31.1 Å². The zero-order chi connectivity index (χ0) is 23.9. The summed E-state index contributed by atoms with van der Waals surface area (Å²) in [5.74, 6) is 1.34. The molecule has 34 heavy (non-hydrogen) atoms. The topological polar surface area (TPSA) is 69.2 Å². The molecular weight excluding hydrogens is 448 g/mol. The summed E-state index contributed by atoms with van der Waals surface area (Å²) in [6, 6.07) is 17.1. The third-order valence-electron chi connectivity index (χ3n) is 5.98. The molecule has 3 aromatic carbocycles. The van der Waals surface area contributed by atoms with E-state index in [1.165, 1.54) is 20.3 Å². The number of hydroxylamine groups is 3. The molecule has 0 saturated carbocycles. The number of ether oxygens (including phenoxy) is 5. The highest BCUT2D eigenvalue weighted by Gasteiger charge is 2.46. The van der Waals surface area contributed by atoms with Gasteiger partial charge in [0.25, 0.3) is 0 Å². The van der Waals surface area contributed by atoms with E-state index in [1.807, 2.05) is 12.1 Å². The number of halogens is 2. The van der Waals surface area contributed by atoms with E-state index in [2.05, 4.69) is 4.74 Å². The van der Waals surface area contributed by atoms with Gasteiger partial charge in [0.2, 0.25) is 0 Å². The molecule has 2 aliphatic rings. The summed E-state index contributed by atoms with van der Waals surface area (Å²) >= 11 is 0. The van der Waals surface area contributed by atoms with E-state index in [9.17, 15) is 14.0 Å². The van der Waals surface area contributed by atoms with Crippen LogP contribution in [0.25, 0.3) is 0 Å². The fourth-order valence-corrected chi connectivity index (χ4v) is 4.52. The average Bonchev–Trinajstić information content (AvgIpc) is 3.04. The fraction of sp³-hybridized carbons (Fsp3) is 0.280. The molecule has 0 radical (unpaired) electrons. The maximum Gasteiger partial charge on any atom is 0.586 e. The largest absolute Gasteiger partial charge is 0.632 e. The molecule has 0 fully saturated rings. The standard InChI is InChI=1S/C25H23F2NO6/c1-30-20-10-6-11-21(31-2)18(20)14-28(29)13-16-7-3-4-9-19(16)32-23(15-28)17-8-5-12-22-24(17)34-25(26,27)33-22/h3-12,23H,13-15H2,1-2H3. The number of nitrogens with zero attached hydrogens (tertiary/aromatic N) is 1. The van der Waals surface area contributed by atoms with Crippen LogP contribution in [0.15, 0.2) is 60.7 Å². The minimum Gasteiger partial charge on any atom is -0.632 e. The first-order chi connectivity index (χ1) is 16.3. The number of para-hydroxylation sites is 2. The molecule has 7 nitrogen and oxygen atoms in total. The Balaban J connectivity index is 1.58. The van der Waals surface area contributed by atoms with Crippen molar-refractivity contribution < 1.29 is 37.1 Å². The second-order valence-corrected chi connectivity index (χ2v) is 8.25. The van der Waals surface area contributed by atoms with E-state index in [0.29, 0.717) is 33.9 Å². The van der Waals surface area contributed by atoms with Crippen LogP contribution in [0.5, 0.6) is 28.7 Å². The van der Waals surface area contributed by atoms with Crippen molar-refractivity contribution in [1.29, 1.82) is 0 Å². The Hall–Kier alpha value is -3.56. The summed E-state index contributed by atoms with van der Waals surface area (Å²) in [7, 11) is 3.06. The number of methoxy groups -OCH3 is 2. The lowest BCUT2D eigenvalue weighted by Gasteiger charge is -2.43. The normalized spacial score (nSPS) is 22.3. The predicted octanol–water partition coefficient (Wildman–Crippen LogP) is 5.17. The van der Waals surface area contributed by atoms with Crippen LogP contribution < -0.4 is 23.7 Å². The molecule has 9 heteroatoms. The molecule has 5 rings (SSSR count). The molecule has 2 unspecified atom stereocenters. The number of hydrogen-bond donors (Lipinski definition) is 0. The molecule has 2 atom stereocenters. The van der Waals surface area contributed by atoms with Gasteiger partial charge in [0.1, 0.15) is 36.9 Å². The summed E-state index contributed by atoms with van der Waals surface area (Å²) in [4.78, 5) is 0. The Morgan fingerprint density at radius 2 is 1.62 bits per heavy atom. The SMILES string of the molecule is COc1cccc(OC)c1C[N+]1([O-])Cc2ccccc2OC(c2cccc3c2OC(F)(F)O3)C1. The lowest BCUT2D eigenvalue weighted by atomic mass is 10.1. The van der Waals surface area contributed by atoms with Crippen molar-refractivity contribution in [2.45, 2.75) is 25.5 Å². The molecule has 0 saturated heterocycles. The van der Waals surface area contributed by atoms with Crippen LogP contribution >= 0.6 is 0 Å². The molecule has 2 heterocycles. The Morgan fingerprint density at radius 3 is 2.35 bits per heavy atom. The number of benzene rings is 3. The van der Waals surface area contributed by atoms with Gasteiger partial charge in [-0.05, 0) is 30.3 Å². The van der Waals surface area contributed by atoms with Crippen molar-refractivity contribution in [3.63, 3.8) is 0 Å². The molecule has 0 aromatic heterocycles. The predicted molar refractivity (Wildman–Crippen MR) is 118 cm³/mol. The van der Waals surface area contributed by atoms with Crippen molar-refractivity contribution in [3.8, 4) is 28.7 Å². The Labute approximate surface area is 195 Å². The first-order valence-electron chi connectivity index (χ1n) is 10.7. The fourth-order valence-electron chi connectivity index (χ4n) is 4.52. The van der Waals surface area contributed by atoms with Gasteiger partial charge in [0.15, 0.2) is 17.6 Å². The van der Waals surface area contributed by atoms with Gasteiger partial charge in [-0.1, -0.05) is 30.3 Å². The monoisotopic (exact) mass is 471 g/mol. The van der Waals surface area contributed by atoms with Crippen molar-refractivity contribution in [2.24, 2.45) is 0 Å². The second kappa shape index (κ2) is 8.34. The van der Waals surface area contributed by atoms with Gasteiger partial charge in [-0.2, -0.15) is 0 Å². The van der Waals surface area contributed by atoms with Gasteiger partial charge in [0, 0.05) is 11.1 Å². The zero-order valence-electron chi connectivity index (χ0n) is 18.6. The van der Waals surface area contributed by atoms with Gasteiger partial charge in [0.05, 0.1) is 19.8 Å². The number of rotatable bonds is 5. The van der Waals surface area contributed by atoms with Crippen molar-refractivity contribution in [3.05, 3.63) is 82.6 Å². The zero-order valence-corrected chi connectivity index (χ0v) is 18.6. The first-order valence-corrected chi connectivity index (χ1v) is 10.7. The molecule has 0 amide bonds. The smallest absolute Gasteiger partial charge is 0.586 e. The molecule has 178 valence electrons. The van der Waals surface area contributed by atoms with Gasteiger partial charge in [-0.25, -0.2) is 0 Å². The van der Waals surface area contributed by atoms with E-state index in [4.69, 9.17) is 18.9 Å². The van der Waals surface area contributed by atoms with E-state index >= 15 is 0 Å². The third-order valence-corrected chi connectivity index (χ3v) is 5.98. The number of alkyl halides is 2. The minimum absolute atomic E-state index is 0.0178. The van der Waals surface area contributed by atoms with E-state index < -0.39 is 17.0 Å². The molecule has 2 aliphatic heterocycles. The Bertz CT molecular complexity index is 1200. The second-order valence-electron chi connectivity index (χ2n) is 8.25.